The van der Waals surface area contributed by atoms with E-state index in [0.717, 1.165) is 46.8 Å². The summed E-state index contributed by atoms with van der Waals surface area (Å²) in [5.41, 5.74) is 1.79. The van der Waals surface area contributed by atoms with Crippen LogP contribution in [0.25, 0.3) is 27.6 Å². The molecular formula is C24H28N8O3S2. The molecule has 4 aromatic heterocycles. The number of thiazole rings is 2. The molecule has 6 rings (SSSR count). The van der Waals surface area contributed by atoms with E-state index in [2.05, 4.69) is 25.5 Å². The molecule has 0 aromatic carbocycles. The highest BCUT2D eigenvalue weighted by molar-refractivity contribution is 7.22. The molecule has 0 spiro atoms. The molecule has 1 aliphatic carbocycles. The number of fused-ring (bicyclic) bond motifs is 1. The van der Waals surface area contributed by atoms with E-state index in [-0.39, 0.29) is 17.9 Å². The van der Waals surface area contributed by atoms with Gasteiger partial charge in [0.25, 0.3) is 0 Å². The molecule has 0 radical (unpaired) electrons. The van der Waals surface area contributed by atoms with Crippen molar-refractivity contribution in [2.24, 2.45) is 5.92 Å². The molecular weight excluding hydrogens is 512 g/mol. The van der Waals surface area contributed by atoms with Crippen molar-refractivity contribution < 1.29 is 14.3 Å². The van der Waals surface area contributed by atoms with E-state index < -0.39 is 5.60 Å². The molecule has 0 bridgehead atoms. The van der Waals surface area contributed by atoms with Crippen LogP contribution in [0.2, 0.25) is 0 Å². The average molecular weight is 541 g/mol. The molecule has 0 atom stereocenters. The van der Waals surface area contributed by atoms with E-state index in [4.69, 9.17) is 9.72 Å². The first-order valence-electron chi connectivity index (χ1n) is 12.4. The standard InChI is InChI=1S/C24H28N8O3S2/c1-24(2,3)35-23(34)31-8-6-14(7-9-31)21-26-15(11-36-21)16-10-25-12-32(16)19-17-18(29-30-19)27-22(37-17)28-20(33)13-4-5-13/h10-14H,4-9H2,1-3H3,(H2,27,28,29,30,33). The quantitative estimate of drug-likeness (QED) is 0.372. The molecule has 2 N–H and O–H groups in total. The number of nitrogens with one attached hydrogen (secondary N) is 2. The van der Waals surface area contributed by atoms with Crippen LogP contribution in [0.1, 0.15) is 57.4 Å². The van der Waals surface area contributed by atoms with Crippen LogP contribution in [0.4, 0.5) is 9.93 Å². The number of likely N-dealkylation sites (tertiary alicyclic amines) is 1. The van der Waals surface area contributed by atoms with E-state index in [1.807, 2.05) is 30.7 Å². The van der Waals surface area contributed by atoms with Gasteiger partial charge in [0.2, 0.25) is 5.91 Å². The smallest absolute Gasteiger partial charge is 0.410 e. The monoisotopic (exact) mass is 540 g/mol. The fourth-order valence-electron chi connectivity index (χ4n) is 4.36. The van der Waals surface area contributed by atoms with Crippen LogP contribution in [0.3, 0.4) is 0 Å². The molecule has 2 aliphatic rings. The first-order valence-corrected chi connectivity index (χ1v) is 14.1. The van der Waals surface area contributed by atoms with Crippen LogP contribution in [-0.4, -0.2) is 65.3 Å². The number of ether oxygens (including phenoxy) is 1. The van der Waals surface area contributed by atoms with Crippen molar-refractivity contribution in [1.29, 1.82) is 0 Å². The summed E-state index contributed by atoms with van der Waals surface area (Å²) in [6.45, 7) is 6.96. The van der Waals surface area contributed by atoms with Gasteiger partial charge in [-0.1, -0.05) is 11.3 Å². The minimum Gasteiger partial charge on any atom is -0.444 e. The third-order valence-electron chi connectivity index (χ3n) is 6.42. The van der Waals surface area contributed by atoms with Crippen molar-refractivity contribution in [3.63, 3.8) is 0 Å². The summed E-state index contributed by atoms with van der Waals surface area (Å²) in [7, 11) is 0. The molecule has 1 aliphatic heterocycles. The summed E-state index contributed by atoms with van der Waals surface area (Å²) < 4.78 is 8.25. The predicted molar refractivity (Wildman–Crippen MR) is 141 cm³/mol. The number of carbonyl (C=O) groups excluding carboxylic acids is 2. The minimum absolute atomic E-state index is 0.0289. The number of piperidine rings is 1. The van der Waals surface area contributed by atoms with Crippen LogP contribution < -0.4 is 5.32 Å². The van der Waals surface area contributed by atoms with Gasteiger partial charge >= 0.3 is 6.09 Å². The Morgan fingerprint density at radius 3 is 2.68 bits per heavy atom. The fraction of sp³-hybridized carbons (Fsp3) is 0.500. The van der Waals surface area contributed by atoms with Gasteiger partial charge in [-0.25, -0.2) is 19.7 Å². The summed E-state index contributed by atoms with van der Waals surface area (Å²) in [5, 5.41) is 14.0. The van der Waals surface area contributed by atoms with Crippen LogP contribution in [0.5, 0.6) is 0 Å². The lowest BCUT2D eigenvalue weighted by Gasteiger charge is -2.32. The maximum atomic E-state index is 12.4. The number of nitrogens with zero attached hydrogens (tertiary/aromatic N) is 6. The van der Waals surface area contributed by atoms with Crippen molar-refractivity contribution in [2.45, 2.75) is 58.0 Å². The molecule has 37 heavy (non-hydrogen) atoms. The van der Waals surface area contributed by atoms with E-state index >= 15 is 0 Å². The summed E-state index contributed by atoms with van der Waals surface area (Å²) in [4.78, 5) is 40.1. The maximum absolute atomic E-state index is 12.4. The first-order chi connectivity index (χ1) is 17.7. The van der Waals surface area contributed by atoms with Crippen molar-refractivity contribution in [3.05, 3.63) is 22.9 Å². The summed E-state index contributed by atoms with van der Waals surface area (Å²) in [5.74, 6) is 1.11. The highest BCUT2D eigenvalue weighted by atomic mass is 32.1. The molecule has 11 nitrogen and oxygen atoms in total. The molecule has 2 fully saturated rings. The number of hydrogen-bond acceptors (Lipinski definition) is 9. The average Bonchev–Trinajstić information content (AvgIpc) is 3.19. The zero-order valence-corrected chi connectivity index (χ0v) is 22.5. The molecule has 4 aromatic rings. The predicted octanol–water partition coefficient (Wildman–Crippen LogP) is 4.79. The number of aromatic nitrogens is 6. The molecule has 2 amide bonds. The highest BCUT2D eigenvalue weighted by Gasteiger charge is 2.31. The van der Waals surface area contributed by atoms with Crippen LogP contribution in [0.15, 0.2) is 17.9 Å². The number of amides is 2. The zero-order chi connectivity index (χ0) is 25.7. The Labute approximate surface area is 221 Å². The van der Waals surface area contributed by atoms with Crippen LogP contribution in [0, 0.1) is 5.92 Å². The molecule has 0 unspecified atom stereocenters. The van der Waals surface area contributed by atoms with Gasteiger partial charge in [0.15, 0.2) is 16.6 Å². The normalized spacial score (nSPS) is 16.9. The van der Waals surface area contributed by atoms with Gasteiger partial charge in [-0.05, 0) is 46.5 Å². The zero-order valence-electron chi connectivity index (χ0n) is 20.9. The van der Waals surface area contributed by atoms with E-state index in [1.165, 1.54) is 11.3 Å². The van der Waals surface area contributed by atoms with Crippen molar-refractivity contribution in [2.75, 3.05) is 18.4 Å². The highest BCUT2D eigenvalue weighted by Crippen LogP contribution is 2.36. The number of imidazole rings is 1. The maximum Gasteiger partial charge on any atom is 0.410 e. The minimum atomic E-state index is -0.494. The van der Waals surface area contributed by atoms with Gasteiger partial charge in [-0.2, -0.15) is 5.10 Å². The van der Waals surface area contributed by atoms with Gasteiger partial charge in [-0.15, -0.1) is 11.3 Å². The Hall–Kier alpha value is -3.32. The molecule has 1 saturated heterocycles. The van der Waals surface area contributed by atoms with Gasteiger partial charge in [0.05, 0.1) is 22.6 Å². The Morgan fingerprint density at radius 1 is 1.16 bits per heavy atom. The second-order valence-electron chi connectivity index (χ2n) is 10.5. The fourth-order valence-corrected chi connectivity index (χ4v) is 6.25. The number of carbonyl (C=O) groups is 2. The number of hydrogen-bond donors (Lipinski definition) is 2. The van der Waals surface area contributed by atoms with Crippen molar-refractivity contribution in [3.8, 4) is 17.2 Å². The lowest BCUT2D eigenvalue weighted by atomic mass is 9.98. The second kappa shape index (κ2) is 9.21. The Bertz CT molecular complexity index is 1450. The van der Waals surface area contributed by atoms with E-state index in [1.54, 1.807) is 28.8 Å². The van der Waals surface area contributed by atoms with Crippen LogP contribution >= 0.6 is 22.7 Å². The third-order valence-corrected chi connectivity index (χ3v) is 8.40. The summed E-state index contributed by atoms with van der Waals surface area (Å²) in [6, 6.07) is 0. The van der Waals surface area contributed by atoms with E-state index in [9.17, 15) is 9.59 Å². The van der Waals surface area contributed by atoms with Crippen molar-refractivity contribution >= 4 is 50.2 Å². The van der Waals surface area contributed by atoms with E-state index in [0.29, 0.717) is 35.6 Å². The SMILES string of the molecule is CC(C)(C)OC(=O)N1CCC(c2nc(-c3cncn3-c3n[nH]c4nc(NC(=O)C5CC5)sc34)cs2)CC1. The summed E-state index contributed by atoms with van der Waals surface area (Å²) >= 11 is 3.02. The van der Waals surface area contributed by atoms with Gasteiger partial charge < -0.3 is 15.0 Å². The number of H-pyrrole nitrogens is 1. The van der Waals surface area contributed by atoms with Crippen LogP contribution in [-0.2, 0) is 9.53 Å². The number of aromatic amines is 1. The largest absolute Gasteiger partial charge is 0.444 e. The molecule has 5 heterocycles. The second-order valence-corrected chi connectivity index (χ2v) is 12.4. The Morgan fingerprint density at radius 2 is 1.95 bits per heavy atom. The number of anilines is 1. The van der Waals surface area contributed by atoms with Gasteiger partial charge in [-0.3, -0.25) is 14.5 Å². The van der Waals surface area contributed by atoms with Crippen molar-refractivity contribution in [1.82, 2.24) is 34.6 Å². The van der Waals surface area contributed by atoms with Gasteiger partial charge in [0, 0.05) is 30.3 Å². The molecule has 1 saturated carbocycles. The molecule has 194 valence electrons. The van der Waals surface area contributed by atoms with Gasteiger partial charge in [0.1, 0.15) is 16.6 Å². The topological polar surface area (TPSA) is 131 Å². The third kappa shape index (κ3) is 4.97. The lowest BCUT2D eigenvalue weighted by molar-refractivity contribution is -0.117. The number of rotatable bonds is 5. The molecule has 13 heteroatoms. The lowest BCUT2D eigenvalue weighted by Crippen LogP contribution is -2.41. The Balaban J connectivity index is 1.17. The Kier molecular flexibility index (Phi) is 5.98. The first kappa shape index (κ1) is 24.0. The summed E-state index contributed by atoms with van der Waals surface area (Å²) in [6.07, 6.45) is 6.83.